The summed E-state index contributed by atoms with van der Waals surface area (Å²) in [5.41, 5.74) is 9.56. The van der Waals surface area contributed by atoms with E-state index in [9.17, 15) is 10.0 Å². The highest BCUT2D eigenvalue weighted by Gasteiger charge is 2.17. The standard InChI is InChI=1S/C15H16BN3O3S/c17-15(23)19-18-9-12-6-7-14(13(8-12)16(20)21)22-10-11-4-2-1-3-5-11/h1-9,20-21H,10H2,(H3,17,19,23). The molecular formula is C15H16BN3O3S. The van der Waals surface area contributed by atoms with E-state index in [2.05, 4.69) is 22.7 Å². The van der Waals surface area contributed by atoms with Gasteiger partial charge in [0.25, 0.3) is 0 Å². The van der Waals surface area contributed by atoms with Crippen LogP contribution in [-0.2, 0) is 6.61 Å². The van der Waals surface area contributed by atoms with E-state index in [1.807, 2.05) is 30.3 Å². The van der Waals surface area contributed by atoms with Crippen LogP contribution in [0.1, 0.15) is 11.1 Å². The van der Waals surface area contributed by atoms with Crippen molar-refractivity contribution in [3.05, 3.63) is 59.7 Å². The highest BCUT2D eigenvalue weighted by atomic mass is 32.1. The SMILES string of the molecule is NC(=S)NN=Cc1ccc(OCc2ccccc2)c(B(O)O)c1. The predicted octanol–water partition coefficient (Wildman–Crippen LogP) is 0.112. The Morgan fingerprint density at radius 3 is 2.65 bits per heavy atom. The summed E-state index contributed by atoms with van der Waals surface area (Å²) in [6.45, 7) is 0.330. The molecule has 0 spiro atoms. The topological polar surface area (TPSA) is 100 Å². The molecule has 5 N–H and O–H groups in total. The number of benzene rings is 2. The van der Waals surface area contributed by atoms with E-state index in [0.717, 1.165) is 5.56 Å². The van der Waals surface area contributed by atoms with E-state index in [1.54, 1.807) is 18.2 Å². The van der Waals surface area contributed by atoms with Gasteiger partial charge in [-0.1, -0.05) is 30.3 Å². The Kier molecular flexibility index (Phi) is 6.10. The van der Waals surface area contributed by atoms with Gasteiger partial charge >= 0.3 is 7.12 Å². The van der Waals surface area contributed by atoms with Gasteiger partial charge in [0, 0.05) is 5.46 Å². The first-order valence-corrected chi connectivity index (χ1v) is 7.22. The number of hydrazone groups is 1. The van der Waals surface area contributed by atoms with Gasteiger partial charge in [-0.2, -0.15) is 5.10 Å². The number of thiocarbonyl (C=S) groups is 1. The normalized spacial score (nSPS) is 10.5. The van der Waals surface area contributed by atoms with E-state index in [-0.39, 0.29) is 10.6 Å². The van der Waals surface area contributed by atoms with Gasteiger partial charge in [0.2, 0.25) is 0 Å². The summed E-state index contributed by atoms with van der Waals surface area (Å²) in [5, 5.41) is 22.9. The van der Waals surface area contributed by atoms with Crippen LogP contribution in [0, 0.1) is 0 Å². The van der Waals surface area contributed by atoms with Crippen molar-refractivity contribution in [3.8, 4) is 5.75 Å². The van der Waals surface area contributed by atoms with E-state index in [0.29, 0.717) is 17.9 Å². The quantitative estimate of drug-likeness (QED) is 0.260. The van der Waals surface area contributed by atoms with Crippen LogP contribution in [-0.4, -0.2) is 28.5 Å². The molecule has 0 radical (unpaired) electrons. The Morgan fingerprint density at radius 1 is 1.26 bits per heavy atom. The van der Waals surface area contributed by atoms with Crippen LogP contribution in [0.3, 0.4) is 0 Å². The highest BCUT2D eigenvalue weighted by molar-refractivity contribution is 7.80. The first kappa shape index (κ1) is 16.9. The molecule has 0 fully saturated rings. The number of nitrogens with two attached hydrogens (primary N) is 1. The van der Waals surface area contributed by atoms with Crippen molar-refractivity contribution in [2.45, 2.75) is 6.61 Å². The van der Waals surface area contributed by atoms with Gasteiger partial charge in [0.1, 0.15) is 12.4 Å². The molecule has 8 heteroatoms. The summed E-state index contributed by atoms with van der Waals surface area (Å²) in [7, 11) is -1.65. The van der Waals surface area contributed by atoms with Crippen molar-refractivity contribution in [2.75, 3.05) is 0 Å². The fourth-order valence-electron chi connectivity index (χ4n) is 1.89. The van der Waals surface area contributed by atoms with E-state index >= 15 is 0 Å². The number of nitrogens with zero attached hydrogens (tertiary/aromatic N) is 1. The second-order valence-electron chi connectivity index (χ2n) is 4.68. The van der Waals surface area contributed by atoms with Gasteiger partial charge < -0.3 is 20.5 Å². The van der Waals surface area contributed by atoms with Crippen LogP contribution in [0.4, 0.5) is 0 Å². The van der Waals surface area contributed by atoms with Crippen LogP contribution in [0.25, 0.3) is 0 Å². The van der Waals surface area contributed by atoms with Crippen molar-refractivity contribution in [3.63, 3.8) is 0 Å². The monoisotopic (exact) mass is 329 g/mol. The molecule has 2 rings (SSSR count). The minimum Gasteiger partial charge on any atom is -0.489 e. The highest BCUT2D eigenvalue weighted by Crippen LogP contribution is 2.12. The van der Waals surface area contributed by atoms with Crippen molar-refractivity contribution in [1.29, 1.82) is 0 Å². The molecular weight excluding hydrogens is 313 g/mol. The van der Waals surface area contributed by atoms with E-state index in [1.165, 1.54) is 6.21 Å². The summed E-state index contributed by atoms with van der Waals surface area (Å²) in [6.07, 6.45) is 1.46. The second kappa shape index (κ2) is 8.28. The molecule has 2 aromatic rings. The molecule has 0 aliphatic heterocycles. The third kappa shape index (κ3) is 5.37. The summed E-state index contributed by atoms with van der Waals surface area (Å²) in [6, 6.07) is 14.5. The van der Waals surface area contributed by atoms with Crippen LogP contribution in [0.5, 0.6) is 5.75 Å². The Morgan fingerprint density at radius 2 is 2.00 bits per heavy atom. The zero-order valence-electron chi connectivity index (χ0n) is 12.2. The average Bonchev–Trinajstić information content (AvgIpc) is 2.54. The molecule has 0 heterocycles. The first-order valence-electron chi connectivity index (χ1n) is 6.81. The van der Waals surface area contributed by atoms with Gasteiger partial charge in [-0.25, -0.2) is 0 Å². The lowest BCUT2D eigenvalue weighted by Crippen LogP contribution is -2.32. The van der Waals surface area contributed by atoms with E-state index in [4.69, 9.17) is 10.5 Å². The Bertz CT molecular complexity index is 696. The minimum absolute atomic E-state index is 0.0477. The lowest BCUT2D eigenvalue weighted by atomic mass is 9.79. The lowest BCUT2D eigenvalue weighted by molar-refractivity contribution is 0.306. The maximum Gasteiger partial charge on any atom is 0.492 e. The Hall–Kier alpha value is -2.42. The molecule has 0 bridgehead atoms. The third-order valence-corrected chi connectivity index (χ3v) is 3.03. The first-order chi connectivity index (χ1) is 11.1. The molecule has 2 aromatic carbocycles. The maximum atomic E-state index is 9.51. The Balaban J connectivity index is 2.13. The number of hydrogen-bond donors (Lipinski definition) is 4. The summed E-state index contributed by atoms with van der Waals surface area (Å²) in [5.74, 6) is 0.392. The van der Waals surface area contributed by atoms with E-state index < -0.39 is 7.12 Å². The van der Waals surface area contributed by atoms with Crippen molar-refractivity contribution in [2.24, 2.45) is 10.8 Å². The van der Waals surface area contributed by atoms with Crippen molar-refractivity contribution in [1.82, 2.24) is 5.43 Å². The smallest absolute Gasteiger partial charge is 0.489 e. The molecule has 0 aliphatic carbocycles. The van der Waals surface area contributed by atoms with Crippen LogP contribution >= 0.6 is 12.2 Å². The summed E-state index contributed by atoms with van der Waals surface area (Å²) in [4.78, 5) is 0. The molecule has 0 unspecified atom stereocenters. The number of rotatable bonds is 6. The third-order valence-electron chi connectivity index (χ3n) is 2.94. The molecule has 0 aromatic heterocycles. The van der Waals surface area contributed by atoms with Crippen LogP contribution in [0.2, 0.25) is 0 Å². The Labute approximate surface area is 139 Å². The molecule has 23 heavy (non-hydrogen) atoms. The van der Waals surface area contributed by atoms with Gasteiger partial charge in [0.05, 0.1) is 6.21 Å². The second-order valence-corrected chi connectivity index (χ2v) is 5.12. The van der Waals surface area contributed by atoms with Crippen molar-refractivity contribution < 1.29 is 14.8 Å². The maximum absolute atomic E-state index is 9.51. The zero-order chi connectivity index (χ0) is 16.7. The predicted molar refractivity (Wildman–Crippen MR) is 94.6 cm³/mol. The largest absolute Gasteiger partial charge is 0.492 e. The van der Waals surface area contributed by atoms with Gasteiger partial charge in [-0.3, -0.25) is 5.43 Å². The van der Waals surface area contributed by atoms with Gasteiger partial charge in [-0.05, 0) is 41.5 Å². The zero-order valence-corrected chi connectivity index (χ0v) is 13.0. The fraction of sp³-hybridized carbons (Fsp3) is 0.0667. The fourth-order valence-corrected chi connectivity index (χ4v) is 1.94. The number of ether oxygens (including phenoxy) is 1. The minimum atomic E-state index is -1.65. The molecule has 0 atom stereocenters. The van der Waals surface area contributed by atoms with Crippen LogP contribution < -0.4 is 21.4 Å². The molecule has 0 aliphatic rings. The van der Waals surface area contributed by atoms with Gasteiger partial charge in [-0.15, -0.1) is 0 Å². The van der Waals surface area contributed by atoms with Crippen LogP contribution in [0.15, 0.2) is 53.6 Å². The number of nitrogens with one attached hydrogen (secondary N) is 1. The molecule has 0 saturated heterocycles. The molecule has 0 saturated carbocycles. The summed E-state index contributed by atoms with van der Waals surface area (Å²) < 4.78 is 5.66. The van der Waals surface area contributed by atoms with Gasteiger partial charge in [0.15, 0.2) is 5.11 Å². The molecule has 118 valence electrons. The van der Waals surface area contributed by atoms with Crippen molar-refractivity contribution >= 4 is 36.1 Å². The lowest BCUT2D eigenvalue weighted by Gasteiger charge is -2.12. The molecule has 0 amide bonds. The average molecular weight is 329 g/mol. The summed E-state index contributed by atoms with van der Waals surface area (Å²) >= 11 is 4.63. The molecule has 6 nitrogen and oxygen atoms in total. The number of hydrogen-bond acceptors (Lipinski definition) is 5.